The van der Waals surface area contributed by atoms with Crippen molar-refractivity contribution in [3.05, 3.63) is 47.7 Å². The van der Waals surface area contributed by atoms with Gasteiger partial charge in [0.2, 0.25) is 11.8 Å². The number of rotatable bonds is 7. The fourth-order valence-corrected chi connectivity index (χ4v) is 5.53. The van der Waals surface area contributed by atoms with Crippen LogP contribution < -0.4 is 10.6 Å². The molecule has 1 aromatic carbocycles. The van der Waals surface area contributed by atoms with Crippen molar-refractivity contribution in [2.24, 2.45) is 0 Å². The zero-order chi connectivity index (χ0) is 22.2. The molecule has 0 saturated carbocycles. The molecule has 0 aliphatic carbocycles. The van der Waals surface area contributed by atoms with Gasteiger partial charge in [0, 0.05) is 10.4 Å². The summed E-state index contributed by atoms with van der Waals surface area (Å²) in [5.41, 5.74) is 1.20. The van der Waals surface area contributed by atoms with Gasteiger partial charge in [0.15, 0.2) is 5.78 Å². The quantitative estimate of drug-likeness (QED) is 0.442. The zero-order valence-corrected chi connectivity index (χ0v) is 18.0. The Kier molecular flexibility index (Phi) is 5.94. The van der Waals surface area contributed by atoms with Crippen LogP contribution in [-0.2, 0) is 19.2 Å². The van der Waals surface area contributed by atoms with Crippen LogP contribution in [-0.4, -0.2) is 55.8 Å². The SMILES string of the molecule is CC(=O)C=C(C)NC(C(=O)N[C@@H]1C(=O)N2[C@@H]1SC(C)(C)[C@@H]2C(=O)O)c1ccccc1. The topological polar surface area (TPSA) is 116 Å². The van der Waals surface area contributed by atoms with Crippen molar-refractivity contribution in [1.82, 2.24) is 15.5 Å². The molecule has 0 spiro atoms. The predicted molar refractivity (Wildman–Crippen MR) is 112 cm³/mol. The first kappa shape index (κ1) is 21.9. The molecule has 9 heteroatoms. The molecule has 2 fully saturated rings. The van der Waals surface area contributed by atoms with Crippen molar-refractivity contribution >= 4 is 35.3 Å². The molecule has 3 N–H and O–H groups in total. The van der Waals surface area contributed by atoms with E-state index < -0.39 is 46.0 Å². The summed E-state index contributed by atoms with van der Waals surface area (Å²) in [5.74, 6) is -2.03. The molecule has 30 heavy (non-hydrogen) atoms. The maximum Gasteiger partial charge on any atom is 0.327 e. The number of thioether (sulfide) groups is 1. The number of fused-ring (bicyclic) bond motifs is 1. The highest BCUT2D eigenvalue weighted by Gasteiger charge is 2.64. The minimum Gasteiger partial charge on any atom is -0.480 e. The Labute approximate surface area is 179 Å². The van der Waals surface area contributed by atoms with Gasteiger partial charge in [-0.25, -0.2) is 4.79 Å². The maximum absolute atomic E-state index is 13.1. The molecule has 2 aliphatic rings. The van der Waals surface area contributed by atoms with Crippen LogP contribution in [0.4, 0.5) is 0 Å². The number of aliphatic carboxylic acids is 1. The van der Waals surface area contributed by atoms with Crippen molar-refractivity contribution < 1.29 is 24.3 Å². The van der Waals surface area contributed by atoms with Gasteiger partial charge in [0.05, 0.1) is 0 Å². The molecule has 4 atom stereocenters. The number of carbonyl (C=O) groups excluding carboxylic acids is 3. The number of ketones is 1. The summed E-state index contributed by atoms with van der Waals surface area (Å²) in [5, 5.41) is 14.9. The number of benzene rings is 1. The fourth-order valence-electron chi connectivity index (χ4n) is 3.90. The number of carboxylic acid groups (broad SMARTS) is 1. The Balaban J connectivity index is 1.79. The molecule has 2 amide bonds. The Bertz CT molecular complexity index is 914. The third-order valence-corrected chi connectivity index (χ3v) is 6.73. The highest BCUT2D eigenvalue weighted by atomic mass is 32.2. The van der Waals surface area contributed by atoms with Crippen molar-refractivity contribution in [3.63, 3.8) is 0 Å². The lowest BCUT2D eigenvalue weighted by Crippen LogP contribution is -2.71. The fraction of sp³-hybridized carbons (Fsp3) is 0.429. The largest absolute Gasteiger partial charge is 0.480 e. The second-order valence-corrected chi connectivity index (χ2v) is 9.78. The third-order valence-electron chi connectivity index (χ3n) is 5.16. The van der Waals surface area contributed by atoms with E-state index >= 15 is 0 Å². The molecular weight excluding hydrogens is 406 g/mol. The first-order valence-electron chi connectivity index (χ1n) is 9.56. The lowest BCUT2D eigenvalue weighted by Gasteiger charge is -2.44. The first-order valence-corrected chi connectivity index (χ1v) is 10.4. The van der Waals surface area contributed by atoms with Crippen LogP contribution in [0.1, 0.15) is 39.3 Å². The monoisotopic (exact) mass is 431 g/mol. The summed E-state index contributed by atoms with van der Waals surface area (Å²) in [4.78, 5) is 50.1. The van der Waals surface area contributed by atoms with E-state index in [9.17, 15) is 24.3 Å². The van der Waals surface area contributed by atoms with Gasteiger partial charge in [-0.1, -0.05) is 30.3 Å². The number of nitrogens with zero attached hydrogens (tertiary/aromatic N) is 1. The predicted octanol–water partition coefficient (Wildman–Crippen LogP) is 1.44. The van der Waals surface area contributed by atoms with Crippen LogP contribution in [0.25, 0.3) is 0 Å². The van der Waals surface area contributed by atoms with E-state index in [0.29, 0.717) is 11.3 Å². The van der Waals surface area contributed by atoms with Crippen molar-refractivity contribution in [2.45, 2.75) is 55.9 Å². The molecule has 1 aromatic rings. The van der Waals surface area contributed by atoms with Gasteiger partial charge >= 0.3 is 5.97 Å². The molecule has 2 heterocycles. The van der Waals surface area contributed by atoms with Crippen LogP contribution in [0.3, 0.4) is 0 Å². The Morgan fingerprint density at radius 1 is 1.20 bits per heavy atom. The highest BCUT2D eigenvalue weighted by molar-refractivity contribution is 8.01. The van der Waals surface area contributed by atoms with E-state index in [-0.39, 0.29) is 5.78 Å². The van der Waals surface area contributed by atoms with Crippen molar-refractivity contribution in [1.29, 1.82) is 0 Å². The Morgan fingerprint density at radius 2 is 1.83 bits per heavy atom. The van der Waals surface area contributed by atoms with Gasteiger partial charge in [-0.15, -0.1) is 11.8 Å². The average Bonchev–Trinajstić information content (AvgIpc) is 2.92. The molecule has 1 unspecified atom stereocenters. The van der Waals surface area contributed by atoms with E-state index in [1.807, 2.05) is 6.07 Å². The number of allylic oxidation sites excluding steroid dienone is 2. The molecule has 2 saturated heterocycles. The summed E-state index contributed by atoms with van der Waals surface area (Å²) in [6, 6.07) is 6.44. The number of β-lactam (4-membered cyclic amide) rings is 1. The minimum atomic E-state index is -1.05. The third kappa shape index (κ3) is 4.07. The summed E-state index contributed by atoms with van der Waals surface area (Å²) < 4.78 is -0.663. The van der Waals surface area contributed by atoms with E-state index in [0.717, 1.165) is 0 Å². The Hall–Kier alpha value is -2.81. The summed E-state index contributed by atoms with van der Waals surface area (Å²) in [6.45, 7) is 6.67. The molecule has 3 rings (SSSR count). The molecule has 0 radical (unpaired) electrons. The van der Waals surface area contributed by atoms with Crippen LogP contribution in [0.2, 0.25) is 0 Å². The van der Waals surface area contributed by atoms with Crippen LogP contribution in [0, 0.1) is 0 Å². The minimum absolute atomic E-state index is 0.152. The van der Waals surface area contributed by atoms with Gasteiger partial charge < -0.3 is 20.6 Å². The lowest BCUT2D eigenvalue weighted by atomic mass is 9.95. The van der Waals surface area contributed by atoms with Crippen molar-refractivity contribution in [3.8, 4) is 0 Å². The number of hydrogen-bond donors (Lipinski definition) is 3. The second kappa shape index (κ2) is 8.14. The zero-order valence-electron chi connectivity index (χ0n) is 17.2. The van der Waals surface area contributed by atoms with Gasteiger partial charge in [-0.3, -0.25) is 14.4 Å². The summed E-state index contributed by atoms with van der Waals surface area (Å²) in [7, 11) is 0. The number of carboxylic acids is 1. The number of carbonyl (C=O) groups is 4. The van der Waals surface area contributed by atoms with Gasteiger partial charge in [-0.2, -0.15) is 0 Å². The molecular formula is C21H25N3O5S. The maximum atomic E-state index is 13.1. The van der Waals surface area contributed by atoms with Gasteiger partial charge in [0.1, 0.15) is 23.5 Å². The standard InChI is InChI=1S/C21H25N3O5S/c1-11(10-12(2)25)22-14(13-8-6-5-7-9-13)17(26)23-15-18(27)24-16(20(28)29)21(3,4)30-19(15)24/h5-10,14-16,19,22H,1-4H3,(H,23,26)(H,28,29)/t14?,15-,16+,19-/m1/s1. The second-order valence-electron chi connectivity index (χ2n) is 8.01. The van der Waals surface area contributed by atoms with Crippen LogP contribution in [0.15, 0.2) is 42.1 Å². The number of amides is 2. The van der Waals surface area contributed by atoms with Gasteiger partial charge in [0.25, 0.3) is 0 Å². The van der Waals surface area contributed by atoms with E-state index in [2.05, 4.69) is 10.6 Å². The average molecular weight is 432 g/mol. The number of hydrogen-bond acceptors (Lipinski definition) is 6. The summed E-state index contributed by atoms with van der Waals surface area (Å²) in [6.07, 6.45) is 1.40. The smallest absolute Gasteiger partial charge is 0.327 e. The lowest BCUT2D eigenvalue weighted by molar-refractivity contribution is -0.161. The molecule has 160 valence electrons. The summed E-state index contributed by atoms with van der Waals surface area (Å²) >= 11 is 1.37. The number of nitrogens with one attached hydrogen (secondary N) is 2. The van der Waals surface area contributed by atoms with E-state index in [4.69, 9.17) is 0 Å². The normalized spacial score (nSPS) is 25.7. The Morgan fingerprint density at radius 3 is 2.40 bits per heavy atom. The molecule has 0 bridgehead atoms. The van der Waals surface area contributed by atoms with Crippen LogP contribution >= 0.6 is 11.8 Å². The van der Waals surface area contributed by atoms with Crippen molar-refractivity contribution in [2.75, 3.05) is 0 Å². The molecule has 8 nitrogen and oxygen atoms in total. The van der Waals surface area contributed by atoms with Crippen LogP contribution in [0.5, 0.6) is 0 Å². The molecule has 2 aliphatic heterocycles. The highest BCUT2D eigenvalue weighted by Crippen LogP contribution is 2.50. The van der Waals surface area contributed by atoms with Gasteiger partial charge in [-0.05, 0) is 39.3 Å². The molecule has 0 aromatic heterocycles. The van der Waals surface area contributed by atoms with E-state index in [1.54, 1.807) is 45.0 Å². The first-order chi connectivity index (χ1) is 14.0. The van der Waals surface area contributed by atoms with E-state index in [1.165, 1.54) is 29.7 Å².